The summed E-state index contributed by atoms with van der Waals surface area (Å²) in [5.74, 6) is 0.603. The fourth-order valence-corrected chi connectivity index (χ4v) is 2.24. The number of ether oxygens (including phenoxy) is 1. The summed E-state index contributed by atoms with van der Waals surface area (Å²) in [6.07, 6.45) is 1.19. The first-order valence-corrected chi connectivity index (χ1v) is 7.33. The zero-order valence-corrected chi connectivity index (χ0v) is 12.7. The highest BCUT2D eigenvalue weighted by molar-refractivity contribution is 9.09. The van der Waals surface area contributed by atoms with Crippen molar-refractivity contribution < 1.29 is 4.74 Å². The van der Waals surface area contributed by atoms with E-state index in [0.29, 0.717) is 11.3 Å². The topological polar surface area (TPSA) is 9.23 Å². The molecule has 0 bridgehead atoms. The SMILES string of the molecule is CC(COCc1ccccc1)CC(C)(C)CBr. The summed E-state index contributed by atoms with van der Waals surface area (Å²) in [4.78, 5) is 0. The molecule has 0 aromatic heterocycles. The van der Waals surface area contributed by atoms with Crippen molar-refractivity contribution in [1.29, 1.82) is 0 Å². The Kier molecular flexibility index (Phi) is 6.21. The molecule has 1 rings (SSSR count). The van der Waals surface area contributed by atoms with Crippen LogP contribution >= 0.6 is 15.9 Å². The van der Waals surface area contributed by atoms with E-state index in [9.17, 15) is 0 Å². The van der Waals surface area contributed by atoms with Crippen LogP contribution in [0.3, 0.4) is 0 Å². The second-order valence-electron chi connectivity index (χ2n) is 5.61. The van der Waals surface area contributed by atoms with Crippen molar-refractivity contribution >= 4 is 15.9 Å². The first-order chi connectivity index (χ1) is 8.03. The number of alkyl halides is 1. The second kappa shape index (κ2) is 7.17. The van der Waals surface area contributed by atoms with Crippen LogP contribution < -0.4 is 0 Å². The number of halogens is 1. The average Bonchev–Trinajstić information content (AvgIpc) is 2.30. The first-order valence-electron chi connectivity index (χ1n) is 6.21. The highest BCUT2D eigenvalue weighted by Gasteiger charge is 2.19. The number of rotatable bonds is 7. The fourth-order valence-electron chi connectivity index (χ4n) is 2.01. The Balaban J connectivity index is 2.23. The number of hydrogen-bond donors (Lipinski definition) is 0. The van der Waals surface area contributed by atoms with Gasteiger partial charge in [-0.15, -0.1) is 0 Å². The minimum atomic E-state index is 0.357. The van der Waals surface area contributed by atoms with E-state index in [0.717, 1.165) is 18.5 Å². The van der Waals surface area contributed by atoms with Crippen LogP contribution in [-0.2, 0) is 11.3 Å². The van der Waals surface area contributed by atoms with E-state index in [2.05, 4.69) is 61.0 Å². The first kappa shape index (κ1) is 14.7. The van der Waals surface area contributed by atoms with Crippen LogP contribution in [0, 0.1) is 11.3 Å². The lowest BCUT2D eigenvalue weighted by Gasteiger charge is -2.25. The molecular formula is C15H23BrO. The maximum atomic E-state index is 5.76. The standard InChI is InChI=1S/C15H23BrO/c1-13(9-15(2,3)12-16)10-17-11-14-7-5-4-6-8-14/h4-8,13H,9-12H2,1-3H3. The van der Waals surface area contributed by atoms with E-state index in [-0.39, 0.29) is 0 Å². The third kappa shape index (κ3) is 6.23. The van der Waals surface area contributed by atoms with E-state index >= 15 is 0 Å². The zero-order valence-electron chi connectivity index (χ0n) is 11.1. The summed E-state index contributed by atoms with van der Waals surface area (Å²) in [6, 6.07) is 10.3. The molecule has 0 N–H and O–H groups in total. The van der Waals surface area contributed by atoms with Crippen LogP contribution in [0.15, 0.2) is 30.3 Å². The van der Waals surface area contributed by atoms with E-state index in [1.54, 1.807) is 0 Å². The largest absolute Gasteiger partial charge is 0.376 e. The summed E-state index contributed by atoms with van der Waals surface area (Å²) in [5, 5.41) is 1.04. The molecule has 0 saturated carbocycles. The van der Waals surface area contributed by atoms with Crippen molar-refractivity contribution in [3.8, 4) is 0 Å². The molecule has 2 heteroatoms. The van der Waals surface area contributed by atoms with Crippen molar-refractivity contribution in [2.75, 3.05) is 11.9 Å². The van der Waals surface area contributed by atoms with Gasteiger partial charge in [0, 0.05) is 11.9 Å². The predicted molar refractivity (Wildman–Crippen MR) is 77.5 cm³/mol. The van der Waals surface area contributed by atoms with E-state index < -0.39 is 0 Å². The molecule has 0 aliphatic heterocycles. The molecule has 1 aromatic rings. The van der Waals surface area contributed by atoms with Gasteiger partial charge in [-0.05, 0) is 23.3 Å². The average molecular weight is 299 g/mol. The molecule has 0 fully saturated rings. The van der Waals surface area contributed by atoms with Gasteiger partial charge in [-0.2, -0.15) is 0 Å². The van der Waals surface area contributed by atoms with E-state index in [1.165, 1.54) is 12.0 Å². The zero-order chi connectivity index (χ0) is 12.7. The van der Waals surface area contributed by atoms with Crippen LogP contribution in [0.5, 0.6) is 0 Å². The summed E-state index contributed by atoms with van der Waals surface area (Å²) in [5.41, 5.74) is 1.61. The van der Waals surface area contributed by atoms with Crippen molar-refractivity contribution in [3.63, 3.8) is 0 Å². The Hall–Kier alpha value is -0.340. The molecular weight excluding hydrogens is 276 g/mol. The third-order valence-electron chi connectivity index (χ3n) is 2.78. The molecule has 1 aromatic carbocycles. The lowest BCUT2D eigenvalue weighted by atomic mass is 9.86. The summed E-state index contributed by atoms with van der Waals surface area (Å²) < 4.78 is 5.76. The van der Waals surface area contributed by atoms with Gasteiger partial charge in [0.25, 0.3) is 0 Å². The van der Waals surface area contributed by atoms with Gasteiger partial charge in [0.15, 0.2) is 0 Å². The predicted octanol–water partition coefficient (Wildman–Crippen LogP) is 4.65. The van der Waals surface area contributed by atoms with Crippen LogP contribution in [0.1, 0.15) is 32.8 Å². The van der Waals surface area contributed by atoms with Gasteiger partial charge in [-0.25, -0.2) is 0 Å². The lowest BCUT2D eigenvalue weighted by Crippen LogP contribution is -2.19. The van der Waals surface area contributed by atoms with Gasteiger partial charge in [0.05, 0.1) is 6.61 Å². The molecule has 1 unspecified atom stereocenters. The van der Waals surface area contributed by atoms with Crippen molar-refractivity contribution in [2.45, 2.75) is 33.8 Å². The van der Waals surface area contributed by atoms with Crippen LogP contribution in [0.4, 0.5) is 0 Å². The smallest absolute Gasteiger partial charge is 0.0717 e. The fraction of sp³-hybridized carbons (Fsp3) is 0.600. The van der Waals surface area contributed by atoms with Crippen LogP contribution in [-0.4, -0.2) is 11.9 Å². The van der Waals surface area contributed by atoms with Gasteiger partial charge in [-0.1, -0.05) is 67.0 Å². The molecule has 0 radical (unpaired) electrons. The molecule has 0 saturated heterocycles. The van der Waals surface area contributed by atoms with Crippen molar-refractivity contribution in [1.82, 2.24) is 0 Å². The quantitative estimate of drug-likeness (QED) is 0.666. The minimum Gasteiger partial charge on any atom is -0.376 e. The molecule has 0 aliphatic rings. The summed E-state index contributed by atoms with van der Waals surface area (Å²) in [6.45, 7) is 8.39. The molecule has 1 nitrogen and oxygen atoms in total. The van der Waals surface area contributed by atoms with Crippen molar-refractivity contribution in [3.05, 3.63) is 35.9 Å². The Morgan fingerprint density at radius 2 is 1.88 bits per heavy atom. The Labute approximate surface area is 114 Å². The summed E-state index contributed by atoms with van der Waals surface area (Å²) in [7, 11) is 0. The molecule has 1 atom stereocenters. The van der Waals surface area contributed by atoms with Gasteiger partial charge in [-0.3, -0.25) is 0 Å². The Bertz CT molecular complexity index is 308. The summed E-state index contributed by atoms with van der Waals surface area (Å²) >= 11 is 3.56. The van der Waals surface area contributed by atoms with Crippen molar-refractivity contribution in [2.24, 2.45) is 11.3 Å². The highest BCUT2D eigenvalue weighted by Crippen LogP contribution is 2.27. The lowest BCUT2D eigenvalue weighted by molar-refractivity contribution is 0.0787. The molecule has 96 valence electrons. The van der Waals surface area contributed by atoms with E-state index in [1.807, 2.05) is 6.07 Å². The number of hydrogen-bond acceptors (Lipinski definition) is 1. The van der Waals surface area contributed by atoms with Gasteiger partial charge in [0.2, 0.25) is 0 Å². The van der Waals surface area contributed by atoms with Gasteiger partial charge in [0.1, 0.15) is 0 Å². The minimum absolute atomic E-state index is 0.357. The third-order valence-corrected chi connectivity index (χ3v) is 4.29. The molecule has 0 amide bonds. The highest BCUT2D eigenvalue weighted by atomic mass is 79.9. The Morgan fingerprint density at radius 1 is 1.24 bits per heavy atom. The molecule has 0 aliphatic carbocycles. The number of benzene rings is 1. The maximum absolute atomic E-state index is 5.76. The van der Waals surface area contributed by atoms with E-state index in [4.69, 9.17) is 4.74 Å². The molecule has 17 heavy (non-hydrogen) atoms. The maximum Gasteiger partial charge on any atom is 0.0717 e. The van der Waals surface area contributed by atoms with Crippen LogP contribution in [0.25, 0.3) is 0 Å². The second-order valence-corrected chi connectivity index (χ2v) is 6.17. The van der Waals surface area contributed by atoms with Crippen LogP contribution in [0.2, 0.25) is 0 Å². The monoisotopic (exact) mass is 298 g/mol. The normalized spacial score (nSPS) is 13.6. The molecule has 0 heterocycles. The Morgan fingerprint density at radius 3 is 2.47 bits per heavy atom. The van der Waals surface area contributed by atoms with Gasteiger partial charge < -0.3 is 4.74 Å². The van der Waals surface area contributed by atoms with Gasteiger partial charge >= 0.3 is 0 Å². The molecule has 0 spiro atoms.